The maximum atomic E-state index is 6.04. The van der Waals surface area contributed by atoms with Gasteiger partial charge in [-0.3, -0.25) is 0 Å². The Bertz CT molecular complexity index is 226. The van der Waals surface area contributed by atoms with Crippen LogP contribution in [-0.4, -0.2) is 6.54 Å². The molecule has 0 saturated heterocycles. The highest BCUT2D eigenvalue weighted by Gasteiger charge is 2.25. The molecule has 0 aliphatic rings. The molecule has 0 aromatic heterocycles. The van der Waals surface area contributed by atoms with Crippen LogP contribution in [0, 0.1) is 35.0 Å². The highest BCUT2D eigenvalue weighted by molar-refractivity contribution is 4.77. The number of nitrogens with two attached hydrogens (primary N) is 1. The topological polar surface area (TPSA) is 26.0 Å². The van der Waals surface area contributed by atoms with Crippen molar-refractivity contribution in [1.29, 1.82) is 0 Å². The monoisotopic (exact) mass is 269 g/mol. The first kappa shape index (κ1) is 19.0. The second-order valence-electron chi connectivity index (χ2n) is 8.56. The molecule has 19 heavy (non-hydrogen) atoms. The molecule has 0 rings (SSSR count). The minimum atomic E-state index is 0.416. The molecule has 1 nitrogen and oxygen atoms in total. The van der Waals surface area contributed by atoms with E-state index in [0.717, 1.165) is 30.2 Å². The Morgan fingerprint density at radius 1 is 0.789 bits per heavy atom. The van der Waals surface area contributed by atoms with Gasteiger partial charge in [-0.1, -0.05) is 55.4 Å². The van der Waals surface area contributed by atoms with E-state index >= 15 is 0 Å². The van der Waals surface area contributed by atoms with Crippen molar-refractivity contribution in [2.75, 3.05) is 6.54 Å². The van der Waals surface area contributed by atoms with Crippen molar-refractivity contribution < 1.29 is 0 Å². The fourth-order valence-corrected chi connectivity index (χ4v) is 3.38. The van der Waals surface area contributed by atoms with Crippen LogP contribution in [-0.2, 0) is 0 Å². The molecule has 0 bridgehead atoms. The fourth-order valence-electron chi connectivity index (χ4n) is 3.38. The molecule has 0 fully saturated rings. The molecule has 4 unspecified atom stereocenters. The third-order valence-corrected chi connectivity index (χ3v) is 4.53. The van der Waals surface area contributed by atoms with E-state index in [-0.39, 0.29) is 0 Å². The molecule has 0 saturated carbocycles. The lowest BCUT2D eigenvalue weighted by atomic mass is 9.74. The van der Waals surface area contributed by atoms with E-state index in [1.54, 1.807) is 0 Å². The van der Waals surface area contributed by atoms with Crippen molar-refractivity contribution in [1.82, 2.24) is 0 Å². The Hall–Kier alpha value is -0.0400. The lowest BCUT2D eigenvalue weighted by molar-refractivity contribution is 0.190. The third-order valence-electron chi connectivity index (χ3n) is 4.53. The smallest absolute Gasteiger partial charge is 0.00462 e. The Morgan fingerprint density at radius 3 is 1.63 bits per heavy atom. The molecule has 0 aromatic rings. The molecule has 4 atom stereocenters. The zero-order valence-electron chi connectivity index (χ0n) is 14.8. The summed E-state index contributed by atoms with van der Waals surface area (Å²) in [7, 11) is 0. The second-order valence-corrected chi connectivity index (χ2v) is 8.56. The third kappa shape index (κ3) is 8.68. The van der Waals surface area contributed by atoms with Crippen LogP contribution in [0.15, 0.2) is 0 Å². The molecule has 0 amide bonds. The maximum Gasteiger partial charge on any atom is -0.00462 e. The van der Waals surface area contributed by atoms with Crippen LogP contribution in [0.1, 0.15) is 74.7 Å². The molecule has 0 heterocycles. The standard InChI is InChI=1S/C18H39N/c1-13(2)9-14(3)15(4)10-17(12-19)16(5)11-18(6,7)8/h13-17H,9-12,19H2,1-8H3. The number of hydrogen-bond donors (Lipinski definition) is 1. The van der Waals surface area contributed by atoms with Gasteiger partial charge in [-0.05, 0) is 60.8 Å². The van der Waals surface area contributed by atoms with Gasteiger partial charge >= 0.3 is 0 Å². The first-order chi connectivity index (χ1) is 8.56. The fraction of sp³-hybridized carbons (Fsp3) is 1.00. The number of rotatable bonds is 8. The molecule has 0 radical (unpaired) electrons. The summed E-state index contributed by atoms with van der Waals surface area (Å²) < 4.78 is 0. The van der Waals surface area contributed by atoms with Crippen LogP contribution >= 0.6 is 0 Å². The predicted molar refractivity (Wildman–Crippen MR) is 88.2 cm³/mol. The minimum absolute atomic E-state index is 0.416. The first-order valence-corrected chi connectivity index (χ1v) is 8.26. The SMILES string of the molecule is CC(C)CC(C)C(C)CC(CN)C(C)CC(C)(C)C. The summed E-state index contributed by atoms with van der Waals surface area (Å²) in [6.45, 7) is 19.7. The van der Waals surface area contributed by atoms with Gasteiger partial charge in [-0.15, -0.1) is 0 Å². The summed E-state index contributed by atoms with van der Waals surface area (Å²) in [5.41, 5.74) is 6.46. The van der Waals surface area contributed by atoms with E-state index in [2.05, 4.69) is 55.4 Å². The van der Waals surface area contributed by atoms with Gasteiger partial charge < -0.3 is 5.73 Å². The van der Waals surface area contributed by atoms with E-state index in [9.17, 15) is 0 Å². The van der Waals surface area contributed by atoms with E-state index in [0.29, 0.717) is 11.3 Å². The van der Waals surface area contributed by atoms with Gasteiger partial charge in [0.25, 0.3) is 0 Å². The molecule has 0 aliphatic heterocycles. The van der Waals surface area contributed by atoms with E-state index in [1.807, 2.05) is 0 Å². The van der Waals surface area contributed by atoms with E-state index < -0.39 is 0 Å². The van der Waals surface area contributed by atoms with Crippen molar-refractivity contribution in [2.24, 2.45) is 40.7 Å². The zero-order chi connectivity index (χ0) is 15.2. The van der Waals surface area contributed by atoms with Gasteiger partial charge in [0, 0.05) is 0 Å². The van der Waals surface area contributed by atoms with Crippen LogP contribution < -0.4 is 5.73 Å². The summed E-state index contributed by atoms with van der Waals surface area (Å²) in [6.07, 6.45) is 3.91. The molecule has 116 valence electrons. The second kappa shape index (κ2) is 8.29. The Balaban J connectivity index is 4.38. The van der Waals surface area contributed by atoms with E-state index in [1.165, 1.54) is 19.3 Å². The summed E-state index contributed by atoms with van der Waals surface area (Å²) in [5.74, 6) is 3.83. The zero-order valence-corrected chi connectivity index (χ0v) is 14.8. The van der Waals surface area contributed by atoms with Crippen molar-refractivity contribution >= 4 is 0 Å². The van der Waals surface area contributed by atoms with Crippen molar-refractivity contribution in [2.45, 2.75) is 74.7 Å². The average Bonchev–Trinajstić information content (AvgIpc) is 2.21. The van der Waals surface area contributed by atoms with Crippen molar-refractivity contribution in [3.05, 3.63) is 0 Å². The lowest BCUT2D eigenvalue weighted by Gasteiger charge is -2.32. The van der Waals surface area contributed by atoms with Crippen LogP contribution in [0.5, 0.6) is 0 Å². The minimum Gasteiger partial charge on any atom is -0.330 e. The van der Waals surface area contributed by atoms with Gasteiger partial charge in [-0.2, -0.15) is 0 Å². The van der Waals surface area contributed by atoms with Gasteiger partial charge in [-0.25, -0.2) is 0 Å². The molecule has 0 aliphatic carbocycles. The largest absolute Gasteiger partial charge is 0.330 e. The Morgan fingerprint density at radius 2 is 1.26 bits per heavy atom. The van der Waals surface area contributed by atoms with Gasteiger partial charge in [0.05, 0.1) is 0 Å². The van der Waals surface area contributed by atoms with Gasteiger partial charge in [0.1, 0.15) is 0 Å². The van der Waals surface area contributed by atoms with Crippen molar-refractivity contribution in [3.8, 4) is 0 Å². The van der Waals surface area contributed by atoms with Crippen LogP contribution in [0.2, 0.25) is 0 Å². The van der Waals surface area contributed by atoms with Crippen LogP contribution in [0.3, 0.4) is 0 Å². The van der Waals surface area contributed by atoms with Gasteiger partial charge in [0.2, 0.25) is 0 Å². The summed E-state index contributed by atoms with van der Waals surface area (Å²) in [5, 5.41) is 0. The Labute approximate surface area is 122 Å². The molecule has 1 heteroatoms. The van der Waals surface area contributed by atoms with E-state index in [4.69, 9.17) is 5.73 Å². The lowest BCUT2D eigenvalue weighted by Crippen LogP contribution is -2.28. The average molecular weight is 270 g/mol. The van der Waals surface area contributed by atoms with Crippen molar-refractivity contribution in [3.63, 3.8) is 0 Å². The maximum absolute atomic E-state index is 6.04. The summed E-state index contributed by atoms with van der Waals surface area (Å²) in [6, 6.07) is 0. The normalized spacial score (nSPS) is 19.3. The first-order valence-electron chi connectivity index (χ1n) is 8.26. The molecule has 2 N–H and O–H groups in total. The molecule has 0 aromatic carbocycles. The predicted octanol–water partition coefficient (Wildman–Crippen LogP) is 5.34. The Kier molecular flexibility index (Phi) is 8.27. The van der Waals surface area contributed by atoms with Crippen LogP contribution in [0.25, 0.3) is 0 Å². The highest BCUT2D eigenvalue weighted by Crippen LogP contribution is 2.33. The molecular formula is C18H39N. The number of hydrogen-bond acceptors (Lipinski definition) is 1. The molecular weight excluding hydrogens is 230 g/mol. The molecule has 0 spiro atoms. The quantitative estimate of drug-likeness (QED) is 0.632. The highest BCUT2D eigenvalue weighted by atomic mass is 14.6. The summed E-state index contributed by atoms with van der Waals surface area (Å²) >= 11 is 0. The van der Waals surface area contributed by atoms with Gasteiger partial charge in [0.15, 0.2) is 0 Å². The van der Waals surface area contributed by atoms with Crippen LogP contribution in [0.4, 0.5) is 0 Å². The summed E-state index contributed by atoms with van der Waals surface area (Å²) in [4.78, 5) is 0.